The van der Waals surface area contributed by atoms with Gasteiger partial charge >= 0.3 is 0 Å². The average Bonchev–Trinajstić information content (AvgIpc) is 2.42. The van der Waals surface area contributed by atoms with Crippen molar-refractivity contribution in [1.82, 2.24) is 4.98 Å². The molecule has 0 spiro atoms. The SMILES string of the molecule is Cc1cncc(CC2CCc3ccccc3C2=O)c1. The first-order chi connectivity index (χ1) is 9.24. The van der Waals surface area contributed by atoms with Gasteiger partial charge in [-0.15, -0.1) is 0 Å². The maximum Gasteiger partial charge on any atom is 0.166 e. The summed E-state index contributed by atoms with van der Waals surface area (Å²) in [6, 6.07) is 10.1. The Kier molecular flexibility index (Phi) is 3.16. The predicted molar refractivity (Wildman–Crippen MR) is 75.3 cm³/mol. The van der Waals surface area contributed by atoms with Gasteiger partial charge in [0.05, 0.1) is 0 Å². The maximum atomic E-state index is 12.5. The van der Waals surface area contributed by atoms with Crippen LogP contribution >= 0.6 is 0 Å². The van der Waals surface area contributed by atoms with Crippen molar-refractivity contribution >= 4 is 5.78 Å². The van der Waals surface area contributed by atoms with E-state index >= 15 is 0 Å². The summed E-state index contributed by atoms with van der Waals surface area (Å²) in [5, 5.41) is 0. The van der Waals surface area contributed by atoms with E-state index < -0.39 is 0 Å². The summed E-state index contributed by atoms with van der Waals surface area (Å²) in [7, 11) is 0. The number of carbonyl (C=O) groups excluding carboxylic acids is 1. The lowest BCUT2D eigenvalue weighted by Crippen LogP contribution is -2.24. The van der Waals surface area contributed by atoms with Crippen LogP contribution in [-0.4, -0.2) is 10.8 Å². The first-order valence-electron chi connectivity index (χ1n) is 6.76. The third-order valence-electron chi connectivity index (χ3n) is 3.83. The summed E-state index contributed by atoms with van der Waals surface area (Å²) in [4.78, 5) is 16.7. The predicted octanol–water partition coefficient (Wildman–Crippen LogP) is 3.38. The molecule has 0 bridgehead atoms. The van der Waals surface area contributed by atoms with Crippen molar-refractivity contribution in [3.8, 4) is 0 Å². The van der Waals surface area contributed by atoms with Gasteiger partial charge < -0.3 is 0 Å². The minimum atomic E-state index is 0.110. The molecule has 0 fully saturated rings. The van der Waals surface area contributed by atoms with E-state index in [1.54, 1.807) is 0 Å². The highest BCUT2D eigenvalue weighted by molar-refractivity contribution is 6.00. The Morgan fingerprint density at radius 3 is 2.95 bits per heavy atom. The average molecular weight is 251 g/mol. The van der Waals surface area contributed by atoms with Crippen molar-refractivity contribution in [1.29, 1.82) is 0 Å². The summed E-state index contributed by atoms with van der Waals surface area (Å²) in [6.07, 6.45) is 6.49. The molecule has 1 aromatic carbocycles. The van der Waals surface area contributed by atoms with E-state index in [0.29, 0.717) is 5.78 Å². The first-order valence-corrected chi connectivity index (χ1v) is 6.76. The zero-order valence-electron chi connectivity index (χ0n) is 11.1. The molecule has 19 heavy (non-hydrogen) atoms. The summed E-state index contributed by atoms with van der Waals surface area (Å²) in [6.45, 7) is 2.04. The second kappa shape index (κ2) is 4.96. The summed E-state index contributed by atoms with van der Waals surface area (Å²) < 4.78 is 0. The van der Waals surface area contributed by atoms with Gasteiger partial charge in [-0.1, -0.05) is 30.3 Å². The highest BCUT2D eigenvalue weighted by Crippen LogP contribution is 2.27. The van der Waals surface area contributed by atoms with Gasteiger partial charge in [0.1, 0.15) is 0 Å². The molecule has 2 aromatic rings. The van der Waals surface area contributed by atoms with Gasteiger partial charge in [-0.25, -0.2) is 0 Å². The van der Waals surface area contributed by atoms with Crippen LogP contribution in [-0.2, 0) is 12.8 Å². The van der Waals surface area contributed by atoms with E-state index in [4.69, 9.17) is 0 Å². The Balaban J connectivity index is 1.83. The second-order valence-corrected chi connectivity index (χ2v) is 5.33. The smallest absolute Gasteiger partial charge is 0.166 e. The first kappa shape index (κ1) is 12.1. The summed E-state index contributed by atoms with van der Waals surface area (Å²) >= 11 is 0. The van der Waals surface area contributed by atoms with Crippen molar-refractivity contribution < 1.29 is 4.79 Å². The van der Waals surface area contributed by atoms with Crippen molar-refractivity contribution in [2.45, 2.75) is 26.2 Å². The zero-order chi connectivity index (χ0) is 13.2. The number of ketones is 1. The number of aryl methyl sites for hydroxylation is 2. The quantitative estimate of drug-likeness (QED) is 0.819. The van der Waals surface area contributed by atoms with E-state index in [0.717, 1.165) is 36.0 Å². The Hall–Kier alpha value is -1.96. The number of hydrogen-bond donors (Lipinski definition) is 0. The van der Waals surface area contributed by atoms with Crippen LogP contribution in [0.5, 0.6) is 0 Å². The second-order valence-electron chi connectivity index (χ2n) is 5.33. The van der Waals surface area contributed by atoms with Crippen molar-refractivity contribution in [2.24, 2.45) is 5.92 Å². The van der Waals surface area contributed by atoms with Crippen LogP contribution in [0.2, 0.25) is 0 Å². The van der Waals surface area contributed by atoms with Crippen LogP contribution < -0.4 is 0 Å². The number of carbonyl (C=O) groups is 1. The van der Waals surface area contributed by atoms with Crippen LogP contribution in [0.1, 0.15) is 33.5 Å². The molecule has 96 valence electrons. The number of fused-ring (bicyclic) bond motifs is 1. The molecular formula is C17H17NO. The molecule has 0 saturated heterocycles. The van der Waals surface area contributed by atoms with E-state index in [1.165, 1.54) is 5.56 Å². The molecule has 1 aromatic heterocycles. The molecule has 0 radical (unpaired) electrons. The molecule has 0 aliphatic heterocycles. The minimum absolute atomic E-state index is 0.110. The van der Waals surface area contributed by atoms with Crippen LogP contribution in [0.3, 0.4) is 0 Å². The molecule has 2 heteroatoms. The lowest BCUT2D eigenvalue weighted by molar-refractivity contribution is 0.0901. The molecule has 0 saturated carbocycles. The van der Waals surface area contributed by atoms with Crippen LogP contribution in [0.15, 0.2) is 42.7 Å². The Labute approximate surface area is 113 Å². The Morgan fingerprint density at radius 2 is 2.11 bits per heavy atom. The number of rotatable bonds is 2. The molecule has 0 amide bonds. The fraction of sp³-hybridized carbons (Fsp3) is 0.294. The summed E-state index contributed by atoms with van der Waals surface area (Å²) in [5.41, 5.74) is 4.43. The fourth-order valence-corrected chi connectivity index (χ4v) is 2.87. The van der Waals surface area contributed by atoms with E-state index in [1.807, 2.05) is 37.5 Å². The molecule has 1 aliphatic rings. The van der Waals surface area contributed by atoms with Gasteiger partial charge in [0.2, 0.25) is 0 Å². The summed E-state index contributed by atoms with van der Waals surface area (Å²) in [5.74, 6) is 0.404. The largest absolute Gasteiger partial charge is 0.294 e. The maximum absolute atomic E-state index is 12.5. The molecule has 3 rings (SSSR count). The van der Waals surface area contributed by atoms with Crippen molar-refractivity contribution in [3.05, 3.63) is 65.0 Å². The molecule has 1 unspecified atom stereocenters. The number of pyridine rings is 1. The number of Topliss-reactive ketones (excluding diaryl/α,β-unsaturated/α-hetero) is 1. The van der Waals surface area contributed by atoms with Gasteiger partial charge in [0, 0.05) is 23.9 Å². The Bertz CT molecular complexity index is 618. The van der Waals surface area contributed by atoms with Crippen LogP contribution in [0, 0.1) is 12.8 Å². The third kappa shape index (κ3) is 2.43. The number of benzene rings is 1. The number of nitrogens with zero attached hydrogens (tertiary/aromatic N) is 1. The van der Waals surface area contributed by atoms with Gasteiger partial charge in [-0.3, -0.25) is 9.78 Å². The standard InChI is InChI=1S/C17H17NO/c1-12-8-13(11-18-10-12)9-15-7-6-14-4-2-3-5-16(14)17(15)19/h2-5,8,10-11,15H,6-7,9H2,1H3. The van der Waals surface area contributed by atoms with E-state index in [-0.39, 0.29) is 5.92 Å². The minimum Gasteiger partial charge on any atom is -0.294 e. The molecular weight excluding hydrogens is 234 g/mol. The zero-order valence-corrected chi connectivity index (χ0v) is 11.1. The molecule has 0 N–H and O–H groups in total. The van der Waals surface area contributed by atoms with Crippen molar-refractivity contribution in [2.75, 3.05) is 0 Å². The normalized spacial score (nSPS) is 18.2. The van der Waals surface area contributed by atoms with Gasteiger partial charge in [0.15, 0.2) is 5.78 Å². The molecule has 2 nitrogen and oxygen atoms in total. The van der Waals surface area contributed by atoms with Gasteiger partial charge in [-0.2, -0.15) is 0 Å². The topological polar surface area (TPSA) is 30.0 Å². The molecule has 1 atom stereocenters. The molecule has 1 heterocycles. The highest BCUT2D eigenvalue weighted by atomic mass is 16.1. The lowest BCUT2D eigenvalue weighted by atomic mass is 9.80. The van der Waals surface area contributed by atoms with E-state index in [2.05, 4.69) is 17.1 Å². The van der Waals surface area contributed by atoms with Gasteiger partial charge in [-0.05, 0) is 42.9 Å². The van der Waals surface area contributed by atoms with Gasteiger partial charge in [0.25, 0.3) is 0 Å². The number of hydrogen-bond acceptors (Lipinski definition) is 2. The highest BCUT2D eigenvalue weighted by Gasteiger charge is 2.26. The van der Waals surface area contributed by atoms with Crippen LogP contribution in [0.4, 0.5) is 0 Å². The van der Waals surface area contributed by atoms with Crippen molar-refractivity contribution in [3.63, 3.8) is 0 Å². The monoisotopic (exact) mass is 251 g/mol. The third-order valence-corrected chi connectivity index (χ3v) is 3.83. The lowest BCUT2D eigenvalue weighted by Gasteiger charge is -2.23. The van der Waals surface area contributed by atoms with E-state index in [9.17, 15) is 4.79 Å². The van der Waals surface area contributed by atoms with Crippen LogP contribution in [0.25, 0.3) is 0 Å². The fourth-order valence-electron chi connectivity index (χ4n) is 2.87. The Morgan fingerprint density at radius 1 is 1.26 bits per heavy atom. The number of aromatic nitrogens is 1. The molecule has 1 aliphatic carbocycles.